The van der Waals surface area contributed by atoms with Crippen LogP contribution in [-0.2, 0) is 14.8 Å². The molecule has 1 aromatic rings. The van der Waals surface area contributed by atoms with Gasteiger partial charge >= 0.3 is 5.97 Å². The molecule has 0 aliphatic rings. The summed E-state index contributed by atoms with van der Waals surface area (Å²) in [5, 5.41) is 0. The second-order valence-corrected chi connectivity index (χ2v) is 6.91. The highest BCUT2D eigenvalue weighted by atomic mass is 32.2. The number of methoxy groups -OCH3 is 1. The van der Waals surface area contributed by atoms with E-state index in [0.29, 0.717) is 17.9 Å². The van der Waals surface area contributed by atoms with Crippen molar-refractivity contribution in [3.8, 4) is 0 Å². The van der Waals surface area contributed by atoms with E-state index in [2.05, 4.69) is 9.46 Å². The number of nitrogens with one attached hydrogen (secondary N) is 1. The van der Waals surface area contributed by atoms with Gasteiger partial charge in [0.05, 0.1) is 17.6 Å². The van der Waals surface area contributed by atoms with Crippen LogP contribution in [0.15, 0.2) is 29.2 Å². The SMILES string of the molecule is COC(=O)c1ccc(S(=O)(=O)NC(CN)CC(C)C)cc1. The van der Waals surface area contributed by atoms with Crippen molar-refractivity contribution in [1.29, 1.82) is 0 Å². The zero-order valence-electron chi connectivity index (χ0n) is 12.5. The molecule has 0 aliphatic carbocycles. The molecule has 0 saturated heterocycles. The zero-order chi connectivity index (χ0) is 16.0. The van der Waals surface area contributed by atoms with Crippen molar-refractivity contribution in [3.63, 3.8) is 0 Å². The maximum Gasteiger partial charge on any atom is 0.337 e. The molecular weight excluding hydrogens is 292 g/mol. The summed E-state index contributed by atoms with van der Waals surface area (Å²) in [4.78, 5) is 11.4. The van der Waals surface area contributed by atoms with Gasteiger partial charge in [-0.2, -0.15) is 0 Å². The molecule has 0 heterocycles. The van der Waals surface area contributed by atoms with Gasteiger partial charge in [-0.05, 0) is 36.6 Å². The largest absolute Gasteiger partial charge is 0.465 e. The molecule has 0 radical (unpaired) electrons. The van der Waals surface area contributed by atoms with Crippen LogP contribution in [0.4, 0.5) is 0 Å². The second kappa shape index (κ2) is 7.53. The quantitative estimate of drug-likeness (QED) is 0.735. The normalized spacial score (nSPS) is 13.2. The Balaban J connectivity index is 2.89. The number of nitrogens with two attached hydrogens (primary N) is 1. The van der Waals surface area contributed by atoms with Crippen LogP contribution in [0.3, 0.4) is 0 Å². The van der Waals surface area contributed by atoms with E-state index in [1.54, 1.807) is 0 Å². The molecular formula is C14H22N2O4S. The fourth-order valence-electron chi connectivity index (χ4n) is 1.94. The van der Waals surface area contributed by atoms with Crippen LogP contribution in [0, 0.1) is 5.92 Å². The zero-order valence-corrected chi connectivity index (χ0v) is 13.3. The van der Waals surface area contributed by atoms with Crippen LogP contribution < -0.4 is 10.5 Å². The molecule has 7 heteroatoms. The first kappa shape index (κ1) is 17.6. The lowest BCUT2D eigenvalue weighted by Crippen LogP contribution is -2.40. The van der Waals surface area contributed by atoms with Crippen molar-refractivity contribution >= 4 is 16.0 Å². The molecule has 0 bridgehead atoms. The van der Waals surface area contributed by atoms with Gasteiger partial charge in [-0.25, -0.2) is 17.9 Å². The summed E-state index contributed by atoms with van der Waals surface area (Å²) < 4.78 is 31.7. The van der Waals surface area contributed by atoms with Gasteiger partial charge in [0.1, 0.15) is 0 Å². The van der Waals surface area contributed by atoms with E-state index in [-0.39, 0.29) is 17.5 Å². The number of benzene rings is 1. The van der Waals surface area contributed by atoms with E-state index in [0.717, 1.165) is 0 Å². The van der Waals surface area contributed by atoms with Crippen LogP contribution >= 0.6 is 0 Å². The van der Waals surface area contributed by atoms with Gasteiger partial charge in [0.25, 0.3) is 0 Å². The number of esters is 1. The standard InChI is InChI=1S/C14H22N2O4S/c1-10(2)8-12(9-15)16-21(18,19)13-6-4-11(5-7-13)14(17)20-3/h4-7,10,12,16H,8-9,15H2,1-3H3. The van der Waals surface area contributed by atoms with E-state index < -0.39 is 16.0 Å². The minimum absolute atomic E-state index is 0.0948. The number of rotatable bonds is 7. The van der Waals surface area contributed by atoms with E-state index in [4.69, 9.17) is 5.73 Å². The number of hydrogen-bond donors (Lipinski definition) is 2. The predicted molar refractivity (Wildman–Crippen MR) is 80.4 cm³/mol. The van der Waals surface area contributed by atoms with E-state index in [9.17, 15) is 13.2 Å². The van der Waals surface area contributed by atoms with Gasteiger partial charge in [0.15, 0.2) is 0 Å². The monoisotopic (exact) mass is 314 g/mol. The molecule has 0 saturated carbocycles. The molecule has 1 aromatic carbocycles. The molecule has 0 fully saturated rings. The highest BCUT2D eigenvalue weighted by Crippen LogP contribution is 2.13. The summed E-state index contributed by atoms with van der Waals surface area (Å²) in [5.74, 6) is -0.172. The summed E-state index contributed by atoms with van der Waals surface area (Å²) >= 11 is 0. The molecule has 6 nitrogen and oxygen atoms in total. The molecule has 1 unspecified atom stereocenters. The lowest BCUT2D eigenvalue weighted by molar-refractivity contribution is 0.0600. The molecule has 3 N–H and O–H groups in total. The minimum atomic E-state index is -3.65. The number of sulfonamides is 1. The lowest BCUT2D eigenvalue weighted by Gasteiger charge is -2.18. The van der Waals surface area contributed by atoms with E-state index in [1.165, 1.54) is 31.4 Å². The predicted octanol–water partition coefficient (Wildman–Crippen LogP) is 1.12. The Hall–Kier alpha value is -1.44. The van der Waals surface area contributed by atoms with Gasteiger partial charge < -0.3 is 10.5 Å². The highest BCUT2D eigenvalue weighted by Gasteiger charge is 2.20. The number of carbonyl (C=O) groups excluding carboxylic acids is 1. The van der Waals surface area contributed by atoms with Crippen molar-refractivity contribution in [3.05, 3.63) is 29.8 Å². The molecule has 0 amide bonds. The third-order valence-electron chi connectivity index (χ3n) is 2.95. The topological polar surface area (TPSA) is 98.5 Å². The van der Waals surface area contributed by atoms with Gasteiger partial charge in [0, 0.05) is 12.6 Å². The van der Waals surface area contributed by atoms with Crippen molar-refractivity contribution in [2.45, 2.75) is 31.2 Å². The number of carbonyl (C=O) groups is 1. The van der Waals surface area contributed by atoms with Gasteiger partial charge in [-0.15, -0.1) is 0 Å². The third-order valence-corrected chi connectivity index (χ3v) is 4.48. The van der Waals surface area contributed by atoms with E-state index in [1.807, 2.05) is 13.8 Å². The van der Waals surface area contributed by atoms with Crippen molar-refractivity contribution in [1.82, 2.24) is 4.72 Å². The molecule has 1 atom stereocenters. The fourth-order valence-corrected chi connectivity index (χ4v) is 3.20. The maximum atomic E-state index is 12.3. The van der Waals surface area contributed by atoms with Crippen LogP contribution in [0.2, 0.25) is 0 Å². The van der Waals surface area contributed by atoms with Gasteiger partial charge in [-0.1, -0.05) is 13.8 Å². The van der Waals surface area contributed by atoms with Crippen molar-refractivity contribution in [2.75, 3.05) is 13.7 Å². The van der Waals surface area contributed by atoms with Crippen molar-refractivity contribution < 1.29 is 17.9 Å². The smallest absolute Gasteiger partial charge is 0.337 e. The summed E-state index contributed by atoms with van der Waals surface area (Å²) in [7, 11) is -2.38. The molecule has 21 heavy (non-hydrogen) atoms. The molecule has 0 spiro atoms. The lowest BCUT2D eigenvalue weighted by atomic mass is 10.1. The van der Waals surface area contributed by atoms with Crippen LogP contribution in [0.25, 0.3) is 0 Å². The Morgan fingerprint density at radius 3 is 2.29 bits per heavy atom. The van der Waals surface area contributed by atoms with E-state index >= 15 is 0 Å². The Kier molecular flexibility index (Phi) is 6.32. The average Bonchev–Trinajstić information content (AvgIpc) is 2.45. The fraction of sp³-hybridized carbons (Fsp3) is 0.500. The first-order valence-corrected chi connectivity index (χ1v) is 8.19. The minimum Gasteiger partial charge on any atom is -0.465 e. The summed E-state index contributed by atoms with van der Waals surface area (Å²) in [6, 6.07) is 5.27. The number of hydrogen-bond acceptors (Lipinski definition) is 5. The summed E-state index contributed by atoms with van der Waals surface area (Å²) in [5.41, 5.74) is 5.90. The van der Waals surface area contributed by atoms with Crippen LogP contribution in [0.1, 0.15) is 30.6 Å². The average molecular weight is 314 g/mol. The first-order chi connectivity index (χ1) is 9.80. The maximum absolute atomic E-state index is 12.3. The Labute approximate surface area is 125 Å². The molecule has 1 rings (SSSR count). The Morgan fingerprint density at radius 1 is 1.29 bits per heavy atom. The molecule has 0 aromatic heterocycles. The Bertz CT molecular complexity index is 567. The highest BCUT2D eigenvalue weighted by molar-refractivity contribution is 7.89. The van der Waals surface area contributed by atoms with Crippen LogP contribution in [-0.4, -0.2) is 34.1 Å². The van der Waals surface area contributed by atoms with Gasteiger partial charge in [-0.3, -0.25) is 0 Å². The second-order valence-electron chi connectivity index (χ2n) is 5.20. The van der Waals surface area contributed by atoms with Crippen LogP contribution in [0.5, 0.6) is 0 Å². The summed E-state index contributed by atoms with van der Waals surface area (Å²) in [6.45, 7) is 4.24. The molecule has 118 valence electrons. The number of ether oxygens (including phenoxy) is 1. The molecule has 0 aliphatic heterocycles. The van der Waals surface area contributed by atoms with Gasteiger partial charge in [0.2, 0.25) is 10.0 Å². The van der Waals surface area contributed by atoms with Crippen molar-refractivity contribution in [2.24, 2.45) is 11.7 Å². The summed E-state index contributed by atoms with van der Waals surface area (Å²) in [6.07, 6.45) is 0.663. The Morgan fingerprint density at radius 2 is 1.86 bits per heavy atom. The first-order valence-electron chi connectivity index (χ1n) is 6.71. The third kappa shape index (κ3) is 5.11.